The van der Waals surface area contributed by atoms with E-state index >= 15 is 0 Å². The van der Waals surface area contributed by atoms with E-state index in [0.29, 0.717) is 12.4 Å². The Morgan fingerprint density at radius 1 is 0.925 bits per heavy atom. The van der Waals surface area contributed by atoms with Crippen molar-refractivity contribution in [3.05, 3.63) is 102 Å². The molecule has 7 rings (SSSR count). The van der Waals surface area contributed by atoms with Gasteiger partial charge in [-0.1, -0.05) is 54.6 Å². The van der Waals surface area contributed by atoms with Gasteiger partial charge >= 0.3 is 0 Å². The summed E-state index contributed by atoms with van der Waals surface area (Å²) in [5.74, 6) is 0.558. The van der Waals surface area contributed by atoms with Gasteiger partial charge in [0.05, 0.1) is 17.8 Å². The Morgan fingerprint density at radius 3 is 2.55 bits per heavy atom. The summed E-state index contributed by atoms with van der Waals surface area (Å²) in [5, 5.41) is 10.5. The van der Waals surface area contributed by atoms with Crippen molar-refractivity contribution in [1.82, 2.24) is 29.3 Å². The number of carbonyl (C=O) groups excluding carboxylic acids is 1. The highest BCUT2D eigenvalue weighted by atomic mass is 16.2. The number of amides is 1. The van der Waals surface area contributed by atoms with Gasteiger partial charge in [0.2, 0.25) is 5.91 Å². The lowest BCUT2D eigenvalue weighted by Crippen LogP contribution is -2.30. The SMILES string of the molecule is CC(=O)N1CCc2ccc(-c3cc(-c4ccc5cn(Cc6ccccc6)nc5c4)c4c(N)ncnn34)cc2CC1. The van der Waals surface area contributed by atoms with Crippen LogP contribution >= 0.6 is 0 Å². The van der Waals surface area contributed by atoms with E-state index in [9.17, 15) is 4.79 Å². The van der Waals surface area contributed by atoms with Crippen molar-refractivity contribution in [3.63, 3.8) is 0 Å². The average Bonchev–Trinajstić information content (AvgIpc) is 3.48. The topological polar surface area (TPSA) is 94.3 Å². The molecule has 0 bridgehead atoms. The van der Waals surface area contributed by atoms with Gasteiger partial charge in [-0.15, -0.1) is 0 Å². The molecule has 1 aliphatic heterocycles. The first-order valence-corrected chi connectivity index (χ1v) is 13.5. The van der Waals surface area contributed by atoms with Crippen molar-refractivity contribution in [3.8, 4) is 22.4 Å². The number of aromatic nitrogens is 5. The van der Waals surface area contributed by atoms with Gasteiger partial charge in [-0.25, -0.2) is 9.50 Å². The van der Waals surface area contributed by atoms with E-state index in [4.69, 9.17) is 10.8 Å². The first-order valence-electron chi connectivity index (χ1n) is 13.5. The van der Waals surface area contributed by atoms with E-state index in [-0.39, 0.29) is 5.91 Å². The van der Waals surface area contributed by atoms with Gasteiger partial charge in [0.25, 0.3) is 0 Å². The summed E-state index contributed by atoms with van der Waals surface area (Å²) in [6.07, 6.45) is 5.27. The lowest BCUT2D eigenvalue weighted by molar-refractivity contribution is -0.128. The number of nitrogens with zero attached hydrogens (tertiary/aromatic N) is 6. The molecule has 2 N–H and O–H groups in total. The number of benzene rings is 3. The molecule has 8 heteroatoms. The molecule has 8 nitrogen and oxygen atoms in total. The maximum absolute atomic E-state index is 12.0. The molecular weight excluding hydrogens is 498 g/mol. The Balaban J connectivity index is 1.29. The molecule has 40 heavy (non-hydrogen) atoms. The predicted octanol–water partition coefficient (Wildman–Crippen LogP) is 4.99. The molecule has 0 radical (unpaired) electrons. The number of nitrogen functional groups attached to an aromatic ring is 1. The molecule has 198 valence electrons. The number of carbonyl (C=O) groups is 1. The second-order valence-electron chi connectivity index (χ2n) is 10.4. The van der Waals surface area contributed by atoms with Crippen molar-refractivity contribution in [2.45, 2.75) is 26.3 Å². The molecule has 6 aromatic rings. The van der Waals surface area contributed by atoms with Crippen LogP contribution in [0.5, 0.6) is 0 Å². The summed E-state index contributed by atoms with van der Waals surface area (Å²) in [6.45, 7) is 3.85. The van der Waals surface area contributed by atoms with Crippen LogP contribution in [-0.2, 0) is 24.2 Å². The first-order chi connectivity index (χ1) is 19.5. The fraction of sp³-hybridized carbons (Fsp3) is 0.188. The van der Waals surface area contributed by atoms with Crippen LogP contribution in [0.25, 0.3) is 38.8 Å². The normalized spacial score (nSPS) is 13.5. The number of fused-ring (bicyclic) bond motifs is 3. The zero-order valence-corrected chi connectivity index (χ0v) is 22.3. The molecule has 0 spiro atoms. The third-order valence-corrected chi connectivity index (χ3v) is 7.89. The predicted molar refractivity (Wildman–Crippen MR) is 157 cm³/mol. The molecule has 3 aromatic carbocycles. The van der Waals surface area contributed by atoms with Gasteiger partial charge in [-0.05, 0) is 53.3 Å². The number of rotatable bonds is 4. The number of anilines is 1. The van der Waals surface area contributed by atoms with Crippen LogP contribution in [0, 0.1) is 0 Å². The monoisotopic (exact) mass is 527 g/mol. The molecule has 0 aliphatic carbocycles. The first kappa shape index (κ1) is 24.1. The third-order valence-electron chi connectivity index (χ3n) is 7.89. The summed E-state index contributed by atoms with van der Waals surface area (Å²) in [4.78, 5) is 18.2. The van der Waals surface area contributed by atoms with E-state index in [0.717, 1.165) is 64.7 Å². The molecule has 0 fully saturated rings. The summed E-state index contributed by atoms with van der Waals surface area (Å²) in [5.41, 5.74) is 15.9. The minimum atomic E-state index is 0.129. The molecule has 1 amide bonds. The van der Waals surface area contributed by atoms with Gasteiger partial charge in [-0.3, -0.25) is 9.48 Å². The maximum Gasteiger partial charge on any atom is 0.219 e. The molecule has 0 atom stereocenters. The van der Waals surface area contributed by atoms with Crippen LogP contribution in [0.1, 0.15) is 23.6 Å². The van der Waals surface area contributed by atoms with Crippen LogP contribution in [0.15, 0.2) is 85.3 Å². The van der Waals surface area contributed by atoms with Crippen LogP contribution in [0.4, 0.5) is 5.82 Å². The lowest BCUT2D eigenvalue weighted by atomic mass is 9.98. The molecule has 0 saturated heterocycles. The molecular formula is C32H29N7O. The van der Waals surface area contributed by atoms with Gasteiger partial charge < -0.3 is 10.6 Å². The van der Waals surface area contributed by atoms with Crippen LogP contribution in [-0.4, -0.2) is 48.3 Å². The number of hydrogen-bond donors (Lipinski definition) is 1. The summed E-state index contributed by atoms with van der Waals surface area (Å²) in [7, 11) is 0. The lowest BCUT2D eigenvalue weighted by Gasteiger charge is -2.17. The molecule has 0 saturated carbocycles. The smallest absolute Gasteiger partial charge is 0.219 e. The maximum atomic E-state index is 12.0. The molecule has 3 aromatic heterocycles. The molecule has 4 heterocycles. The fourth-order valence-electron chi connectivity index (χ4n) is 5.78. The van der Waals surface area contributed by atoms with E-state index in [1.54, 1.807) is 6.92 Å². The highest BCUT2D eigenvalue weighted by molar-refractivity contribution is 5.95. The van der Waals surface area contributed by atoms with Crippen LogP contribution in [0.2, 0.25) is 0 Å². The van der Waals surface area contributed by atoms with Gasteiger partial charge in [-0.2, -0.15) is 10.2 Å². The fourth-order valence-corrected chi connectivity index (χ4v) is 5.78. The van der Waals surface area contributed by atoms with Gasteiger partial charge in [0.15, 0.2) is 5.82 Å². The Bertz CT molecular complexity index is 1890. The Kier molecular flexibility index (Phi) is 5.81. The van der Waals surface area contributed by atoms with Crippen molar-refractivity contribution >= 4 is 28.1 Å². The second-order valence-corrected chi connectivity index (χ2v) is 10.4. The standard InChI is InChI=1S/C32H29N7O/c1-21(40)37-13-11-23-7-9-26(15-24(23)12-14-37)30-17-28(31-32(33)34-20-35-39(30)31)25-8-10-27-19-38(36-29(27)16-25)18-22-5-3-2-4-6-22/h2-10,15-17,19-20H,11-14,18H2,1H3,(H2,33,34,35). The molecule has 0 unspecified atom stereocenters. The summed E-state index contributed by atoms with van der Waals surface area (Å²) < 4.78 is 3.86. The Morgan fingerprint density at radius 2 is 1.73 bits per heavy atom. The van der Waals surface area contributed by atoms with E-state index in [2.05, 4.69) is 70.9 Å². The van der Waals surface area contributed by atoms with E-state index in [1.165, 1.54) is 23.0 Å². The van der Waals surface area contributed by atoms with Gasteiger partial charge in [0.1, 0.15) is 11.8 Å². The van der Waals surface area contributed by atoms with E-state index < -0.39 is 0 Å². The summed E-state index contributed by atoms with van der Waals surface area (Å²) >= 11 is 0. The van der Waals surface area contributed by atoms with E-state index in [1.807, 2.05) is 32.3 Å². The van der Waals surface area contributed by atoms with Crippen LogP contribution < -0.4 is 5.73 Å². The Hall–Kier alpha value is -4.98. The zero-order chi connectivity index (χ0) is 27.2. The van der Waals surface area contributed by atoms with Crippen molar-refractivity contribution in [2.75, 3.05) is 18.8 Å². The van der Waals surface area contributed by atoms with Crippen molar-refractivity contribution in [2.24, 2.45) is 0 Å². The average molecular weight is 528 g/mol. The highest BCUT2D eigenvalue weighted by Gasteiger charge is 2.20. The second kappa shape index (κ2) is 9.64. The van der Waals surface area contributed by atoms with Crippen LogP contribution in [0.3, 0.4) is 0 Å². The van der Waals surface area contributed by atoms with Crippen molar-refractivity contribution < 1.29 is 4.79 Å². The van der Waals surface area contributed by atoms with Crippen molar-refractivity contribution in [1.29, 1.82) is 0 Å². The number of hydrogen-bond acceptors (Lipinski definition) is 5. The quantitative estimate of drug-likeness (QED) is 0.349. The third kappa shape index (κ3) is 4.27. The number of nitrogens with two attached hydrogens (primary N) is 1. The minimum absolute atomic E-state index is 0.129. The zero-order valence-electron chi connectivity index (χ0n) is 22.3. The van der Waals surface area contributed by atoms with Gasteiger partial charge in [0, 0.05) is 42.7 Å². The molecule has 1 aliphatic rings. The minimum Gasteiger partial charge on any atom is -0.382 e. The highest BCUT2D eigenvalue weighted by Crippen LogP contribution is 2.36. The Labute approximate surface area is 231 Å². The summed E-state index contributed by atoms with van der Waals surface area (Å²) in [6, 6.07) is 25.3. The largest absolute Gasteiger partial charge is 0.382 e.